The van der Waals surface area contributed by atoms with Crippen LogP contribution in [0.3, 0.4) is 0 Å². The number of rotatable bonds is 14. The number of nitrogens with zero attached hydrogens (tertiary/aromatic N) is 3. The van der Waals surface area contributed by atoms with Crippen LogP contribution in [0.5, 0.6) is 0 Å². The molecule has 0 saturated carbocycles. The molecule has 43 heavy (non-hydrogen) atoms. The molecular formula is C33H40N5O4P. The molecule has 4 rings (SSSR count). The minimum atomic E-state index is -2.67. The monoisotopic (exact) mass is 601 g/mol. The second kappa shape index (κ2) is 14.8. The Bertz CT molecular complexity index is 1620. The van der Waals surface area contributed by atoms with E-state index in [1.165, 1.54) is 12.7 Å². The van der Waals surface area contributed by atoms with Gasteiger partial charge in [0.2, 0.25) is 0 Å². The topological polar surface area (TPSA) is 129 Å². The first-order chi connectivity index (χ1) is 20.8. The third kappa shape index (κ3) is 8.20. The van der Waals surface area contributed by atoms with E-state index in [4.69, 9.17) is 10.7 Å². The lowest BCUT2D eigenvalue weighted by Crippen LogP contribution is -2.26. The largest absolute Gasteiger partial charge is 0.469 e. The molecule has 0 atom stereocenters. The Hall–Kier alpha value is -4.23. The van der Waals surface area contributed by atoms with E-state index >= 15 is 0 Å². The van der Waals surface area contributed by atoms with Crippen molar-refractivity contribution < 1.29 is 18.9 Å². The average Bonchev–Trinajstić information content (AvgIpc) is 3.41. The molecule has 9 nitrogen and oxygen atoms in total. The molecule has 1 amide bonds. The molecule has 0 unspecified atom stereocenters. The fourth-order valence-electron chi connectivity index (χ4n) is 4.85. The molecule has 226 valence electrons. The van der Waals surface area contributed by atoms with Crippen molar-refractivity contribution in [3.05, 3.63) is 89.5 Å². The predicted octanol–water partition coefficient (Wildman–Crippen LogP) is 6.04. The van der Waals surface area contributed by atoms with Crippen LogP contribution in [-0.2, 0) is 27.1 Å². The molecule has 0 aliphatic heterocycles. The zero-order valence-corrected chi connectivity index (χ0v) is 26.0. The lowest BCUT2D eigenvalue weighted by molar-refractivity contribution is -0.140. The molecule has 3 aromatic carbocycles. The number of carbonyl (C=O) groups excluding carboxylic acids is 2. The van der Waals surface area contributed by atoms with E-state index in [0.717, 1.165) is 42.7 Å². The van der Waals surface area contributed by atoms with E-state index in [-0.39, 0.29) is 30.7 Å². The number of hydrogen-bond acceptors (Lipinski definition) is 5. The molecule has 0 aliphatic rings. The standard InChI is InChI=1S/C33H40N5O4P/c1-4-43(41,5-2)37-31(34)25-14-16-26(17-15-25)32-36-28-23-27(33(40)35-21-20-30(39)42-3)18-19-29(28)38(32)22-10-9-13-24-11-7-6-8-12-24/h6-8,11-12,14-19,23H,4-5,9-10,13,20-22H2,1-3H3,(H,35,40)(H2,34,37,41). The SMILES string of the molecule is CCP(=O)(CC)/N=C(\N)c1ccc(-c2nc3cc(C(=O)NCCC(=O)OC)ccc3n2CCCCc2ccccc2)cc1. The average molecular weight is 602 g/mol. The third-order valence-electron chi connectivity index (χ3n) is 7.51. The number of ether oxygens (including phenoxy) is 1. The van der Waals surface area contributed by atoms with Gasteiger partial charge in [-0.05, 0) is 43.0 Å². The number of imidazole rings is 1. The van der Waals surface area contributed by atoms with Crippen LogP contribution in [0.25, 0.3) is 22.4 Å². The summed E-state index contributed by atoms with van der Waals surface area (Å²) in [4.78, 5) is 29.1. The van der Waals surface area contributed by atoms with Gasteiger partial charge in [0.15, 0.2) is 7.29 Å². The van der Waals surface area contributed by atoms with E-state index in [0.29, 0.717) is 29.0 Å². The summed E-state index contributed by atoms with van der Waals surface area (Å²) in [5.74, 6) is 0.402. The fourth-order valence-corrected chi connectivity index (χ4v) is 6.09. The van der Waals surface area contributed by atoms with Crippen LogP contribution >= 0.6 is 7.29 Å². The van der Waals surface area contributed by atoms with Crippen LogP contribution in [0.1, 0.15) is 54.6 Å². The maximum Gasteiger partial charge on any atom is 0.307 e. The van der Waals surface area contributed by atoms with Gasteiger partial charge in [0.25, 0.3) is 5.91 Å². The summed E-state index contributed by atoms with van der Waals surface area (Å²) >= 11 is 0. The molecule has 0 radical (unpaired) electrons. The zero-order valence-electron chi connectivity index (χ0n) is 25.1. The summed E-state index contributed by atoms with van der Waals surface area (Å²) in [6.45, 7) is 4.68. The van der Waals surface area contributed by atoms with Crippen LogP contribution in [0.15, 0.2) is 77.6 Å². The van der Waals surface area contributed by atoms with Gasteiger partial charge in [0.1, 0.15) is 11.7 Å². The maximum absolute atomic E-state index is 12.8. The van der Waals surface area contributed by atoms with Gasteiger partial charge in [-0.2, -0.15) is 0 Å². The quantitative estimate of drug-likeness (QED) is 0.0596. The van der Waals surface area contributed by atoms with Gasteiger partial charge in [0, 0.05) is 42.1 Å². The van der Waals surface area contributed by atoms with Crippen molar-refractivity contribution in [3.63, 3.8) is 0 Å². The normalized spacial score (nSPS) is 11.9. The van der Waals surface area contributed by atoms with Gasteiger partial charge in [-0.3, -0.25) is 14.2 Å². The zero-order chi connectivity index (χ0) is 30.8. The summed E-state index contributed by atoms with van der Waals surface area (Å²) < 4.78 is 24.0. The van der Waals surface area contributed by atoms with Crippen molar-refractivity contribution in [3.8, 4) is 11.4 Å². The van der Waals surface area contributed by atoms with Crippen LogP contribution in [-0.4, -0.2) is 53.2 Å². The number of amidine groups is 1. The van der Waals surface area contributed by atoms with Crippen molar-refractivity contribution in [2.24, 2.45) is 10.5 Å². The summed E-state index contributed by atoms with van der Waals surface area (Å²) in [5.41, 5.74) is 11.3. The van der Waals surface area contributed by atoms with Crippen molar-refractivity contribution in [1.29, 1.82) is 0 Å². The number of hydrogen-bond donors (Lipinski definition) is 2. The minimum absolute atomic E-state index is 0.103. The third-order valence-corrected chi connectivity index (χ3v) is 10.1. The predicted molar refractivity (Wildman–Crippen MR) is 173 cm³/mol. The number of aryl methyl sites for hydroxylation is 2. The highest BCUT2D eigenvalue weighted by Gasteiger charge is 2.18. The van der Waals surface area contributed by atoms with Crippen LogP contribution in [0.4, 0.5) is 0 Å². The molecule has 4 aromatic rings. The summed E-state index contributed by atoms with van der Waals surface area (Å²) in [6, 6.07) is 23.6. The number of esters is 1. The van der Waals surface area contributed by atoms with E-state index in [2.05, 4.69) is 43.6 Å². The van der Waals surface area contributed by atoms with Crippen molar-refractivity contribution in [1.82, 2.24) is 14.9 Å². The smallest absolute Gasteiger partial charge is 0.307 e. The Morgan fingerprint density at radius 3 is 2.35 bits per heavy atom. The van der Waals surface area contributed by atoms with Gasteiger partial charge in [-0.15, -0.1) is 0 Å². The van der Waals surface area contributed by atoms with E-state index < -0.39 is 7.29 Å². The van der Waals surface area contributed by atoms with Gasteiger partial charge in [-0.1, -0.05) is 68.4 Å². The van der Waals surface area contributed by atoms with Crippen molar-refractivity contribution >= 4 is 36.0 Å². The number of fused-ring (bicyclic) bond motifs is 1. The van der Waals surface area contributed by atoms with Gasteiger partial charge in [0.05, 0.1) is 24.6 Å². The molecule has 0 spiro atoms. The second-order valence-corrected chi connectivity index (χ2v) is 13.5. The van der Waals surface area contributed by atoms with Gasteiger partial charge < -0.3 is 20.4 Å². The molecular weight excluding hydrogens is 561 g/mol. The molecule has 0 fully saturated rings. The number of carbonyl (C=O) groups is 2. The molecule has 0 saturated heterocycles. The lowest BCUT2D eigenvalue weighted by Gasteiger charge is -2.12. The molecule has 1 heterocycles. The van der Waals surface area contributed by atoms with Crippen LogP contribution in [0.2, 0.25) is 0 Å². The molecule has 10 heteroatoms. The van der Waals surface area contributed by atoms with Gasteiger partial charge in [-0.25, -0.2) is 9.75 Å². The Balaban J connectivity index is 1.61. The number of nitrogens with two attached hydrogens (primary N) is 1. The second-order valence-electron chi connectivity index (χ2n) is 10.4. The highest BCUT2D eigenvalue weighted by atomic mass is 31.2. The lowest BCUT2D eigenvalue weighted by atomic mass is 10.1. The van der Waals surface area contributed by atoms with E-state index in [1.54, 1.807) is 12.1 Å². The number of benzene rings is 3. The molecule has 1 aromatic heterocycles. The Kier molecular flexibility index (Phi) is 10.9. The highest BCUT2D eigenvalue weighted by molar-refractivity contribution is 7.62. The van der Waals surface area contributed by atoms with Crippen molar-refractivity contribution in [2.75, 3.05) is 26.0 Å². The van der Waals surface area contributed by atoms with E-state index in [1.807, 2.05) is 50.2 Å². The number of methoxy groups -OCH3 is 1. The van der Waals surface area contributed by atoms with Crippen LogP contribution in [0, 0.1) is 0 Å². The highest BCUT2D eigenvalue weighted by Crippen LogP contribution is 2.46. The Labute approximate surface area is 253 Å². The number of aromatic nitrogens is 2. The Morgan fingerprint density at radius 1 is 0.977 bits per heavy atom. The number of nitrogens with one attached hydrogen (secondary N) is 1. The van der Waals surface area contributed by atoms with Crippen molar-refractivity contribution in [2.45, 2.75) is 46.1 Å². The van der Waals surface area contributed by atoms with Crippen LogP contribution < -0.4 is 11.1 Å². The van der Waals surface area contributed by atoms with Gasteiger partial charge >= 0.3 is 5.97 Å². The number of unbranched alkanes of at least 4 members (excludes halogenated alkanes) is 1. The summed E-state index contributed by atoms with van der Waals surface area (Å²) in [6.07, 6.45) is 4.01. The number of amides is 1. The fraction of sp³-hybridized carbons (Fsp3) is 0.333. The molecule has 3 N–H and O–H groups in total. The minimum Gasteiger partial charge on any atom is -0.469 e. The van der Waals surface area contributed by atoms with E-state index in [9.17, 15) is 14.2 Å². The first kappa shape index (κ1) is 31.7. The molecule has 0 bridgehead atoms. The molecule has 0 aliphatic carbocycles. The maximum atomic E-state index is 12.8. The first-order valence-corrected chi connectivity index (χ1v) is 16.7. The first-order valence-electron chi connectivity index (χ1n) is 14.7. The Morgan fingerprint density at radius 2 is 1.67 bits per heavy atom. The summed E-state index contributed by atoms with van der Waals surface area (Å²) in [5, 5.41) is 2.76. The summed E-state index contributed by atoms with van der Waals surface area (Å²) in [7, 11) is -1.35.